The second-order valence-corrected chi connectivity index (χ2v) is 7.50. The molecule has 1 aromatic rings. The van der Waals surface area contributed by atoms with E-state index < -0.39 is 0 Å². The maximum atomic E-state index is 12.5. The fourth-order valence-corrected chi connectivity index (χ4v) is 3.63. The van der Waals surface area contributed by atoms with Crippen LogP contribution < -0.4 is 0 Å². The van der Waals surface area contributed by atoms with Gasteiger partial charge in [0.2, 0.25) is 0 Å². The van der Waals surface area contributed by atoms with Crippen molar-refractivity contribution in [1.29, 1.82) is 0 Å². The molecule has 0 bridgehead atoms. The van der Waals surface area contributed by atoms with Gasteiger partial charge in [-0.25, -0.2) is 0 Å². The van der Waals surface area contributed by atoms with Crippen LogP contribution in [0.4, 0.5) is 0 Å². The summed E-state index contributed by atoms with van der Waals surface area (Å²) in [5, 5.41) is 1.13. The predicted octanol–water partition coefficient (Wildman–Crippen LogP) is 3.91. The summed E-state index contributed by atoms with van der Waals surface area (Å²) in [7, 11) is 0. The summed E-state index contributed by atoms with van der Waals surface area (Å²) in [6.07, 6.45) is 0. The maximum absolute atomic E-state index is 12.5. The van der Waals surface area contributed by atoms with E-state index in [9.17, 15) is 4.79 Å². The van der Waals surface area contributed by atoms with Gasteiger partial charge in [0, 0.05) is 32.7 Å². The molecule has 2 unspecified atom stereocenters. The first-order valence-corrected chi connectivity index (χ1v) is 8.39. The molecule has 1 aliphatic heterocycles. The lowest BCUT2D eigenvalue weighted by molar-refractivity contribution is 0.0698. The van der Waals surface area contributed by atoms with Crippen LogP contribution in [0.15, 0.2) is 18.2 Å². The van der Waals surface area contributed by atoms with Gasteiger partial charge < -0.3 is 4.90 Å². The lowest BCUT2D eigenvalue weighted by Crippen LogP contribution is -2.47. The highest BCUT2D eigenvalue weighted by atomic mass is 127. The Balaban J connectivity index is 2.22. The van der Waals surface area contributed by atoms with Crippen molar-refractivity contribution in [2.24, 2.45) is 0 Å². The van der Waals surface area contributed by atoms with Gasteiger partial charge in [0.05, 0.1) is 5.02 Å². The zero-order valence-electron chi connectivity index (χ0n) is 10.3. The van der Waals surface area contributed by atoms with E-state index in [0.717, 1.165) is 15.9 Å². The number of thioether (sulfide) groups is 1. The van der Waals surface area contributed by atoms with Crippen LogP contribution in [-0.2, 0) is 0 Å². The number of rotatable bonds is 1. The number of benzene rings is 1. The van der Waals surface area contributed by atoms with Gasteiger partial charge in [-0.2, -0.15) is 11.8 Å². The Labute approximate surface area is 131 Å². The number of amides is 1. The zero-order valence-corrected chi connectivity index (χ0v) is 14.1. The minimum absolute atomic E-state index is 0.0907. The standard InChI is InChI=1S/C13H15ClINOS/c1-8-9(2)18-6-5-16(8)13(17)10-3-4-12(15)11(14)7-10/h3-4,7-9H,5-6H2,1-2H3. The Morgan fingerprint density at radius 1 is 1.50 bits per heavy atom. The van der Waals surface area contributed by atoms with E-state index in [2.05, 4.69) is 36.4 Å². The fourth-order valence-electron chi connectivity index (χ4n) is 2.01. The monoisotopic (exact) mass is 395 g/mol. The molecule has 0 N–H and O–H groups in total. The van der Waals surface area contributed by atoms with Crippen molar-refractivity contribution < 1.29 is 4.79 Å². The van der Waals surface area contributed by atoms with Crippen molar-refractivity contribution in [1.82, 2.24) is 4.90 Å². The summed E-state index contributed by atoms with van der Waals surface area (Å²) >= 11 is 10.2. The fraction of sp³-hybridized carbons (Fsp3) is 0.462. The number of hydrogen-bond acceptors (Lipinski definition) is 2. The Kier molecular flexibility index (Phi) is 4.83. The average molecular weight is 396 g/mol. The molecule has 0 radical (unpaired) electrons. The highest BCUT2D eigenvalue weighted by Crippen LogP contribution is 2.27. The van der Waals surface area contributed by atoms with Crippen molar-refractivity contribution in [2.45, 2.75) is 25.1 Å². The summed E-state index contributed by atoms with van der Waals surface area (Å²) in [4.78, 5) is 14.4. The van der Waals surface area contributed by atoms with Crippen molar-refractivity contribution in [3.8, 4) is 0 Å². The SMILES string of the molecule is CC1SCCN(C(=O)c2ccc(I)c(Cl)c2)C1C. The number of halogens is 2. The largest absolute Gasteiger partial charge is 0.334 e. The van der Waals surface area contributed by atoms with Crippen molar-refractivity contribution in [3.05, 3.63) is 32.4 Å². The molecule has 18 heavy (non-hydrogen) atoms. The molecule has 1 aliphatic rings. The Hall–Kier alpha value is 0.0600. The molecule has 5 heteroatoms. The first-order chi connectivity index (χ1) is 8.50. The minimum atomic E-state index is 0.0907. The van der Waals surface area contributed by atoms with Crippen LogP contribution in [0.2, 0.25) is 5.02 Å². The summed E-state index contributed by atoms with van der Waals surface area (Å²) < 4.78 is 0.974. The smallest absolute Gasteiger partial charge is 0.254 e. The van der Waals surface area contributed by atoms with Gasteiger partial charge >= 0.3 is 0 Å². The van der Waals surface area contributed by atoms with Crippen LogP contribution in [0.1, 0.15) is 24.2 Å². The Morgan fingerprint density at radius 2 is 2.22 bits per heavy atom. The highest BCUT2D eigenvalue weighted by Gasteiger charge is 2.29. The zero-order chi connectivity index (χ0) is 13.3. The molecule has 0 spiro atoms. The molecule has 2 rings (SSSR count). The van der Waals surface area contributed by atoms with Crippen molar-refractivity contribution in [2.75, 3.05) is 12.3 Å². The molecule has 0 saturated carbocycles. The van der Waals surface area contributed by atoms with Crippen LogP contribution in [0.3, 0.4) is 0 Å². The molecule has 2 atom stereocenters. The molecule has 1 amide bonds. The third kappa shape index (κ3) is 2.96. The lowest BCUT2D eigenvalue weighted by atomic mass is 10.1. The number of carbonyl (C=O) groups is 1. The van der Waals surface area contributed by atoms with E-state index in [0.29, 0.717) is 15.8 Å². The van der Waals surface area contributed by atoms with Crippen LogP contribution in [0, 0.1) is 3.57 Å². The van der Waals surface area contributed by atoms with Crippen LogP contribution in [-0.4, -0.2) is 34.4 Å². The van der Waals surface area contributed by atoms with E-state index in [4.69, 9.17) is 11.6 Å². The molecular formula is C13H15ClINOS. The van der Waals surface area contributed by atoms with Crippen LogP contribution in [0.25, 0.3) is 0 Å². The van der Waals surface area contributed by atoms with Gasteiger partial charge in [-0.3, -0.25) is 4.79 Å². The van der Waals surface area contributed by atoms with E-state index >= 15 is 0 Å². The Morgan fingerprint density at radius 3 is 2.89 bits per heavy atom. The molecule has 1 fully saturated rings. The highest BCUT2D eigenvalue weighted by molar-refractivity contribution is 14.1. The van der Waals surface area contributed by atoms with Crippen LogP contribution in [0.5, 0.6) is 0 Å². The summed E-state index contributed by atoms with van der Waals surface area (Å²) in [6, 6.07) is 5.79. The van der Waals surface area contributed by atoms with Gasteiger partial charge in [0.15, 0.2) is 0 Å². The second-order valence-electron chi connectivity index (χ2n) is 4.44. The van der Waals surface area contributed by atoms with Gasteiger partial charge in [0.25, 0.3) is 5.91 Å². The third-order valence-electron chi connectivity index (χ3n) is 3.31. The van der Waals surface area contributed by atoms with Crippen LogP contribution >= 0.6 is 46.0 Å². The van der Waals surface area contributed by atoms with Gasteiger partial charge in [-0.15, -0.1) is 0 Å². The molecule has 1 saturated heterocycles. The summed E-state index contributed by atoms with van der Waals surface area (Å²) in [5.41, 5.74) is 0.686. The second kappa shape index (κ2) is 6.01. The van der Waals surface area contributed by atoms with Gasteiger partial charge in [-0.05, 0) is 47.7 Å². The first-order valence-electron chi connectivity index (χ1n) is 5.88. The Bertz CT molecular complexity index is 468. The normalized spacial score (nSPS) is 24.1. The quantitative estimate of drug-likeness (QED) is 0.672. The average Bonchev–Trinajstić information content (AvgIpc) is 2.35. The maximum Gasteiger partial charge on any atom is 0.254 e. The lowest BCUT2D eigenvalue weighted by Gasteiger charge is -2.37. The topological polar surface area (TPSA) is 20.3 Å². The van der Waals surface area contributed by atoms with Gasteiger partial charge in [0.1, 0.15) is 0 Å². The summed E-state index contributed by atoms with van der Waals surface area (Å²) in [6.45, 7) is 5.11. The summed E-state index contributed by atoms with van der Waals surface area (Å²) in [5.74, 6) is 1.10. The molecular weight excluding hydrogens is 381 g/mol. The van der Waals surface area contributed by atoms with E-state index in [1.54, 1.807) is 6.07 Å². The number of hydrogen-bond donors (Lipinski definition) is 0. The molecule has 0 aromatic heterocycles. The molecule has 1 aromatic carbocycles. The molecule has 2 nitrogen and oxygen atoms in total. The van der Waals surface area contributed by atoms with E-state index in [1.165, 1.54) is 0 Å². The molecule has 1 heterocycles. The van der Waals surface area contributed by atoms with E-state index in [1.807, 2.05) is 28.8 Å². The number of carbonyl (C=O) groups excluding carboxylic acids is 1. The third-order valence-corrected chi connectivity index (χ3v) is 6.22. The predicted molar refractivity (Wildman–Crippen MR) is 86.6 cm³/mol. The van der Waals surface area contributed by atoms with Crippen molar-refractivity contribution >= 4 is 51.9 Å². The van der Waals surface area contributed by atoms with E-state index in [-0.39, 0.29) is 11.9 Å². The molecule has 0 aliphatic carbocycles. The molecule has 98 valence electrons. The van der Waals surface area contributed by atoms with Crippen molar-refractivity contribution in [3.63, 3.8) is 0 Å². The minimum Gasteiger partial charge on any atom is -0.334 e. The van der Waals surface area contributed by atoms with Gasteiger partial charge in [-0.1, -0.05) is 18.5 Å². The first kappa shape index (κ1) is 14.5. The number of nitrogens with zero attached hydrogens (tertiary/aromatic N) is 1.